The first-order chi connectivity index (χ1) is 18.5. The fourth-order valence-corrected chi connectivity index (χ4v) is 4.96. The summed E-state index contributed by atoms with van der Waals surface area (Å²) in [6, 6.07) is 21.4. The zero-order valence-electron chi connectivity index (χ0n) is 22.0. The molecule has 1 aliphatic rings. The van der Waals surface area contributed by atoms with E-state index < -0.39 is 0 Å². The van der Waals surface area contributed by atoms with Gasteiger partial charge in [-0.3, -0.25) is 9.89 Å². The number of carbonyl (C=O) groups excluding carboxylic acids is 1. The third-order valence-corrected chi connectivity index (χ3v) is 7.05. The van der Waals surface area contributed by atoms with Crippen LogP contribution in [0.3, 0.4) is 0 Å². The Balaban J connectivity index is 1.60. The monoisotopic (exact) mass is 529 g/mol. The van der Waals surface area contributed by atoms with Crippen molar-refractivity contribution in [2.45, 2.75) is 46.2 Å². The number of aryl methyl sites for hydroxylation is 1. The molecule has 3 aromatic carbocycles. The van der Waals surface area contributed by atoms with Crippen LogP contribution in [0, 0.1) is 6.92 Å². The average molecular weight is 530 g/mol. The van der Waals surface area contributed by atoms with E-state index in [9.17, 15) is 4.79 Å². The first-order valence-electron chi connectivity index (χ1n) is 13.1. The quantitative estimate of drug-likeness (QED) is 0.218. The topological polar surface area (TPSA) is 67.5 Å². The molecule has 0 spiro atoms. The molecule has 0 bridgehead atoms. The molecule has 0 fully saturated rings. The maximum atomic E-state index is 13.8. The standard InChI is InChI=1S/C31H32ClN3O3/c1-4-6-17-38-25-16-13-23(18-26(25)37-5-2)30-27-28(22-11-14-24(32)15-12-22)33-34-29(27)31(36)35(30)19-21-9-7-20(3)8-10-21/h7-16,18,30H,4-6,17,19H2,1-3H3,(H,33,34). The number of ether oxygens (including phenoxy) is 2. The van der Waals surface area contributed by atoms with E-state index in [-0.39, 0.29) is 11.9 Å². The molecule has 0 radical (unpaired) electrons. The normalized spacial score (nSPS) is 14.6. The van der Waals surface area contributed by atoms with E-state index >= 15 is 0 Å². The molecular weight excluding hydrogens is 498 g/mol. The van der Waals surface area contributed by atoms with Gasteiger partial charge < -0.3 is 14.4 Å². The van der Waals surface area contributed by atoms with Crippen molar-refractivity contribution in [2.75, 3.05) is 13.2 Å². The van der Waals surface area contributed by atoms with Crippen molar-refractivity contribution in [3.05, 3.63) is 99.7 Å². The lowest BCUT2D eigenvalue weighted by atomic mass is 9.95. The van der Waals surface area contributed by atoms with Crippen molar-refractivity contribution in [1.82, 2.24) is 15.1 Å². The Hall–Kier alpha value is -3.77. The van der Waals surface area contributed by atoms with Gasteiger partial charge in [-0.25, -0.2) is 0 Å². The van der Waals surface area contributed by atoms with Gasteiger partial charge in [0.25, 0.3) is 5.91 Å². The van der Waals surface area contributed by atoms with Gasteiger partial charge in [0.15, 0.2) is 11.5 Å². The summed E-state index contributed by atoms with van der Waals surface area (Å²) in [5.74, 6) is 1.30. The maximum Gasteiger partial charge on any atom is 0.273 e. The second kappa shape index (κ2) is 11.3. The summed E-state index contributed by atoms with van der Waals surface area (Å²) in [5.41, 5.74) is 6.17. The van der Waals surface area contributed by atoms with Crippen LogP contribution in [0.4, 0.5) is 0 Å². The molecular formula is C31H32ClN3O3. The second-order valence-corrected chi connectivity index (χ2v) is 9.97. The summed E-state index contributed by atoms with van der Waals surface area (Å²) in [6.07, 6.45) is 2.02. The number of carbonyl (C=O) groups is 1. The Labute approximate surface area is 228 Å². The molecule has 6 nitrogen and oxygen atoms in total. The third-order valence-electron chi connectivity index (χ3n) is 6.79. The van der Waals surface area contributed by atoms with Crippen molar-refractivity contribution in [2.24, 2.45) is 0 Å². The van der Waals surface area contributed by atoms with Crippen LogP contribution in [0.5, 0.6) is 11.5 Å². The number of aromatic amines is 1. The van der Waals surface area contributed by atoms with Crippen molar-refractivity contribution in [3.63, 3.8) is 0 Å². The Morgan fingerprint density at radius 3 is 2.45 bits per heavy atom. The number of fused-ring (bicyclic) bond motifs is 1. The van der Waals surface area contributed by atoms with E-state index in [2.05, 4.69) is 48.3 Å². The van der Waals surface area contributed by atoms with Gasteiger partial charge in [-0.2, -0.15) is 5.10 Å². The SMILES string of the molecule is CCCCOc1ccc(C2c3c(-c4ccc(Cl)cc4)n[nH]c3C(=O)N2Cc2ccc(C)cc2)cc1OCC. The molecule has 7 heteroatoms. The molecule has 4 aromatic rings. The van der Waals surface area contributed by atoms with Crippen LogP contribution in [0.2, 0.25) is 5.02 Å². The number of nitrogens with one attached hydrogen (secondary N) is 1. The van der Waals surface area contributed by atoms with Crippen LogP contribution < -0.4 is 9.47 Å². The van der Waals surface area contributed by atoms with Crippen molar-refractivity contribution in [1.29, 1.82) is 0 Å². The molecule has 196 valence electrons. The predicted octanol–water partition coefficient (Wildman–Crippen LogP) is 7.36. The van der Waals surface area contributed by atoms with Gasteiger partial charge in [-0.15, -0.1) is 0 Å². The number of unbranched alkanes of at least 4 members (excludes halogenated alkanes) is 1. The summed E-state index contributed by atoms with van der Waals surface area (Å²) in [4.78, 5) is 15.7. The van der Waals surface area contributed by atoms with E-state index in [1.54, 1.807) is 0 Å². The highest BCUT2D eigenvalue weighted by Gasteiger charge is 2.42. The van der Waals surface area contributed by atoms with Crippen LogP contribution in [0.1, 0.15) is 65.5 Å². The minimum Gasteiger partial charge on any atom is -0.490 e. The van der Waals surface area contributed by atoms with E-state index in [1.807, 2.05) is 54.3 Å². The summed E-state index contributed by atoms with van der Waals surface area (Å²) in [6.45, 7) is 7.75. The number of H-pyrrole nitrogens is 1. The summed E-state index contributed by atoms with van der Waals surface area (Å²) in [5, 5.41) is 8.25. The average Bonchev–Trinajstić information content (AvgIpc) is 3.46. The lowest BCUT2D eigenvalue weighted by molar-refractivity contribution is 0.0729. The van der Waals surface area contributed by atoms with E-state index in [4.69, 9.17) is 21.1 Å². The smallest absolute Gasteiger partial charge is 0.273 e. The largest absolute Gasteiger partial charge is 0.490 e. The van der Waals surface area contributed by atoms with Crippen molar-refractivity contribution >= 4 is 17.5 Å². The first kappa shape index (κ1) is 25.9. The number of hydrogen-bond acceptors (Lipinski definition) is 4. The van der Waals surface area contributed by atoms with Crippen molar-refractivity contribution < 1.29 is 14.3 Å². The van der Waals surface area contributed by atoms with Gasteiger partial charge in [0.1, 0.15) is 5.69 Å². The first-order valence-corrected chi connectivity index (χ1v) is 13.5. The molecule has 1 aromatic heterocycles. The van der Waals surface area contributed by atoms with Crippen LogP contribution >= 0.6 is 11.6 Å². The number of halogens is 1. The molecule has 1 N–H and O–H groups in total. The van der Waals surface area contributed by atoms with Gasteiger partial charge in [0, 0.05) is 22.7 Å². The lowest BCUT2D eigenvalue weighted by Crippen LogP contribution is -2.29. The number of amides is 1. The zero-order chi connectivity index (χ0) is 26.6. The molecule has 1 aliphatic heterocycles. The highest BCUT2D eigenvalue weighted by atomic mass is 35.5. The summed E-state index contributed by atoms with van der Waals surface area (Å²) < 4.78 is 12.0. The molecule has 1 amide bonds. The fourth-order valence-electron chi connectivity index (χ4n) is 4.83. The molecule has 5 rings (SSSR count). The minimum atomic E-state index is -0.355. The Morgan fingerprint density at radius 1 is 0.974 bits per heavy atom. The number of benzene rings is 3. The molecule has 0 aliphatic carbocycles. The number of aromatic nitrogens is 2. The van der Waals surface area contributed by atoms with E-state index in [1.165, 1.54) is 5.56 Å². The predicted molar refractivity (Wildman–Crippen MR) is 150 cm³/mol. The van der Waals surface area contributed by atoms with Crippen molar-refractivity contribution in [3.8, 4) is 22.8 Å². The summed E-state index contributed by atoms with van der Waals surface area (Å²) in [7, 11) is 0. The third kappa shape index (κ3) is 5.14. The van der Waals surface area contributed by atoms with Crippen LogP contribution in [-0.2, 0) is 6.54 Å². The van der Waals surface area contributed by atoms with E-state index in [0.717, 1.165) is 40.8 Å². The molecule has 2 heterocycles. The molecule has 0 saturated carbocycles. The Bertz CT molecular complexity index is 1410. The molecule has 38 heavy (non-hydrogen) atoms. The molecule has 1 unspecified atom stereocenters. The number of hydrogen-bond donors (Lipinski definition) is 1. The molecule has 0 saturated heterocycles. The zero-order valence-corrected chi connectivity index (χ0v) is 22.7. The van der Waals surface area contributed by atoms with Gasteiger partial charge >= 0.3 is 0 Å². The Kier molecular flexibility index (Phi) is 7.70. The maximum absolute atomic E-state index is 13.8. The fraction of sp³-hybridized carbons (Fsp3) is 0.290. The number of nitrogens with zero attached hydrogens (tertiary/aromatic N) is 2. The number of rotatable bonds is 10. The van der Waals surface area contributed by atoms with Gasteiger partial charge in [-0.05, 0) is 55.7 Å². The van der Waals surface area contributed by atoms with Gasteiger partial charge in [0.05, 0.1) is 24.9 Å². The van der Waals surface area contributed by atoms with Gasteiger partial charge in [0.2, 0.25) is 0 Å². The minimum absolute atomic E-state index is 0.0838. The Morgan fingerprint density at radius 2 is 1.74 bits per heavy atom. The highest BCUT2D eigenvalue weighted by Crippen LogP contribution is 2.45. The highest BCUT2D eigenvalue weighted by molar-refractivity contribution is 6.30. The lowest BCUT2D eigenvalue weighted by Gasteiger charge is -2.27. The van der Waals surface area contributed by atoms with Crippen LogP contribution in [-0.4, -0.2) is 34.2 Å². The van der Waals surface area contributed by atoms with Crippen LogP contribution in [0.25, 0.3) is 11.3 Å². The van der Waals surface area contributed by atoms with E-state index in [0.29, 0.717) is 42.0 Å². The second-order valence-electron chi connectivity index (χ2n) is 9.53. The summed E-state index contributed by atoms with van der Waals surface area (Å²) >= 11 is 6.15. The van der Waals surface area contributed by atoms with Crippen LogP contribution in [0.15, 0.2) is 66.7 Å². The van der Waals surface area contributed by atoms with Gasteiger partial charge in [-0.1, -0.05) is 73.0 Å². The molecule has 1 atom stereocenters.